The number of rotatable bonds is 5. The first-order valence-electron chi connectivity index (χ1n) is 8.49. The van der Waals surface area contributed by atoms with Crippen LogP contribution in [0.15, 0.2) is 54.6 Å². The van der Waals surface area contributed by atoms with Crippen LogP contribution in [0.5, 0.6) is 0 Å². The van der Waals surface area contributed by atoms with E-state index < -0.39 is 6.10 Å². The zero-order chi connectivity index (χ0) is 16.4. The Morgan fingerprint density at radius 2 is 1.48 bits per heavy atom. The lowest BCUT2D eigenvalue weighted by molar-refractivity contribution is 0.0639. The van der Waals surface area contributed by atoms with Crippen LogP contribution in [-0.2, 0) is 0 Å². The second-order valence-electron chi connectivity index (χ2n) is 6.17. The standard InChI is InChI=1S/C21H25NO/c1-4-22(5-2)15(3)21(23)18-13-12-17-11-10-16-8-6-7-9-19(16)20(17)14-18/h6-15,21,23H,4-5H2,1-3H3. The van der Waals surface area contributed by atoms with E-state index in [9.17, 15) is 5.11 Å². The summed E-state index contributed by atoms with van der Waals surface area (Å²) in [5.74, 6) is 0. The first kappa shape index (κ1) is 16.0. The van der Waals surface area contributed by atoms with Gasteiger partial charge in [0, 0.05) is 6.04 Å². The number of nitrogens with zero attached hydrogens (tertiary/aromatic N) is 1. The summed E-state index contributed by atoms with van der Waals surface area (Å²) in [6, 6.07) is 19.2. The maximum Gasteiger partial charge on any atom is 0.0942 e. The van der Waals surface area contributed by atoms with Gasteiger partial charge in [-0.3, -0.25) is 4.90 Å². The third-order valence-electron chi connectivity index (χ3n) is 4.96. The number of benzene rings is 3. The molecular weight excluding hydrogens is 282 g/mol. The largest absolute Gasteiger partial charge is 0.387 e. The van der Waals surface area contributed by atoms with Gasteiger partial charge in [-0.05, 0) is 53.2 Å². The third kappa shape index (κ3) is 2.97. The summed E-state index contributed by atoms with van der Waals surface area (Å²) in [7, 11) is 0. The van der Waals surface area contributed by atoms with Gasteiger partial charge in [-0.2, -0.15) is 0 Å². The Hall–Kier alpha value is -1.90. The van der Waals surface area contributed by atoms with Gasteiger partial charge in [0.05, 0.1) is 6.10 Å². The molecule has 0 aliphatic heterocycles. The molecule has 3 aromatic rings. The first-order valence-corrected chi connectivity index (χ1v) is 8.49. The maximum absolute atomic E-state index is 10.8. The Kier molecular flexibility index (Phi) is 4.65. The van der Waals surface area contributed by atoms with Crippen molar-refractivity contribution in [2.45, 2.75) is 32.9 Å². The zero-order valence-electron chi connectivity index (χ0n) is 14.2. The van der Waals surface area contributed by atoms with E-state index in [2.05, 4.69) is 80.3 Å². The van der Waals surface area contributed by atoms with E-state index >= 15 is 0 Å². The van der Waals surface area contributed by atoms with Crippen LogP contribution in [0.2, 0.25) is 0 Å². The molecule has 3 aromatic carbocycles. The number of aliphatic hydroxyl groups excluding tert-OH is 1. The normalized spacial score (nSPS) is 14.5. The Labute approximate surface area is 138 Å². The Morgan fingerprint density at radius 1 is 0.870 bits per heavy atom. The quantitative estimate of drug-likeness (QED) is 0.687. The predicted octanol–water partition coefficient (Wildman–Crippen LogP) is 4.76. The predicted molar refractivity (Wildman–Crippen MR) is 98.8 cm³/mol. The van der Waals surface area contributed by atoms with Crippen LogP contribution in [0.4, 0.5) is 0 Å². The van der Waals surface area contributed by atoms with Crippen molar-refractivity contribution in [2.75, 3.05) is 13.1 Å². The minimum absolute atomic E-state index is 0.109. The fourth-order valence-electron chi connectivity index (χ4n) is 3.48. The number of hydrogen-bond acceptors (Lipinski definition) is 2. The molecule has 0 bridgehead atoms. The molecule has 0 aliphatic carbocycles. The highest BCUT2D eigenvalue weighted by molar-refractivity contribution is 6.07. The van der Waals surface area contributed by atoms with Crippen molar-refractivity contribution in [2.24, 2.45) is 0 Å². The summed E-state index contributed by atoms with van der Waals surface area (Å²) in [5.41, 5.74) is 0.994. The highest BCUT2D eigenvalue weighted by Crippen LogP contribution is 2.29. The second-order valence-corrected chi connectivity index (χ2v) is 6.17. The molecule has 0 saturated carbocycles. The number of aliphatic hydroxyl groups is 1. The topological polar surface area (TPSA) is 23.5 Å². The lowest BCUT2D eigenvalue weighted by atomic mass is 9.96. The Bertz CT molecular complexity index is 807. The highest BCUT2D eigenvalue weighted by Gasteiger charge is 2.21. The van der Waals surface area contributed by atoms with Gasteiger partial charge in [0.25, 0.3) is 0 Å². The van der Waals surface area contributed by atoms with Crippen molar-refractivity contribution in [1.82, 2.24) is 4.90 Å². The number of likely N-dealkylation sites (N-methyl/N-ethyl adjacent to an activating group) is 1. The summed E-state index contributed by atoms with van der Waals surface area (Å²) in [6.45, 7) is 8.28. The summed E-state index contributed by atoms with van der Waals surface area (Å²) in [4.78, 5) is 2.29. The minimum Gasteiger partial charge on any atom is -0.387 e. The molecule has 0 heterocycles. The Balaban J connectivity index is 2.06. The minimum atomic E-state index is -0.474. The van der Waals surface area contributed by atoms with Gasteiger partial charge in [0.15, 0.2) is 0 Å². The third-order valence-corrected chi connectivity index (χ3v) is 4.96. The van der Waals surface area contributed by atoms with E-state index in [1.807, 2.05) is 0 Å². The molecule has 2 unspecified atom stereocenters. The molecule has 1 N–H and O–H groups in total. The van der Waals surface area contributed by atoms with Crippen LogP contribution in [-0.4, -0.2) is 29.1 Å². The second kappa shape index (κ2) is 6.69. The van der Waals surface area contributed by atoms with Gasteiger partial charge in [0.1, 0.15) is 0 Å². The van der Waals surface area contributed by atoms with E-state index in [1.54, 1.807) is 0 Å². The molecule has 0 fully saturated rings. The van der Waals surface area contributed by atoms with E-state index in [1.165, 1.54) is 21.5 Å². The van der Waals surface area contributed by atoms with Crippen molar-refractivity contribution in [3.63, 3.8) is 0 Å². The molecule has 23 heavy (non-hydrogen) atoms. The van der Waals surface area contributed by atoms with Crippen molar-refractivity contribution in [3.8, 4) is 0 Å². The molecule has 2 nitrogen and oxygen atoms in total. The van der Waals surface area contributed by atoms with E-state index in [4.69, 9.17) is 0 Å². The van der Waals surface area contributed by atoms with Crippen LogP contribution in [0.3, 0.4) is 0 Å². The smallest absolute Gasteiger partial charge is 0.0942 e. The molecule has 0 spiro atoms. The van der Waals surface area contributed by atoms with Gasteiger partial charge in [-0.1, -0.05) is 62.4 Å². The fraction of sp³-hybridized carbons (Fsp3) is 0.333. The van der Waals surface area contributed by atoms with Crippen molar-refractivity contribution >= 4 is 21.5 Å². The van der Waals surface area contributed by atoms with Crippen LogP contribution in [0.1, 0.15) is 32.4 Å². The van der Waals surface area contributed by atoms with Crippen molar-refractivity contribution in [1.29, 1.82) is 0 Å². The SMILES string of the molecule is CCN(CC)C(C)C(O)c1ccc2ccc3ccccc3c2c1. The van der Waals surface area contributed by atoms with Crippen LogP contribution >= 0.6 is 0 Å². The zero-order valence-corrected chi connectivity index (χ0v) is 14.2. The molecule has 0 aliphatic rings. The molecule has 0 saturated heterocycles. The van der Waals surface area contributed by atoms with Crippen LogP contribution in [0.25, 0.3) is 21.5 Å². The molecule has 2 heteroatoms. The molecule has 3 rings (SSSR count). The van der Waals surface area contributed by atoms with Gasteiger partial charge in [-0.25, -0.2) is 0 Å². The number of fused-ring (bicyclic) bond motifs is 3. The Morgan fingerprint density at radius 3 is 2.17 bits per heavy atom. The highest BCUT2D eigenvalue weighted by atomic mass is 16.3. The van der Waals surface area contributed by atoms with Gasteiger partial charge < -0.3 is 5.11 Å². The van der Waals surface area contributed by atoms with Crippen molar-refractivity contribution in [3.05, 3.63) is 60.2 Å². The van der Waals surface area contributed by atoms with E-state index in [-0.39, 0.29) is 6.04 Å². The molecule has 2 atom stereocenters. The fourth-order valence-corrected chi connectivity index (χ4v) is 3.48. The summed E-state index contributed by atoms with van der Waals surface area (Å²) >= 11 is 0. The van der Waals surface area contributed by atoms with Gasteiger partial charge in [0.2, 0.25) is 0 Å². The molecule has 0 radical (unpaired) electrons. The van der Waals surface area contributed by atoms with Gasteiger partial charge >= 0.3 is 0 Å². The summed E-state index contributed by atoms with van der Waals surface area (Å²) in [6.07, 6.45) is -0.474. The molecule has 120 valence electrons. The monoisotopic (exact) mass is 307 g/mol. The molecule has 0 amide bonds. The van der Waals surface area contributed by atoms with Gasteiger partial charge in [-0.15, -0.1) is 0 Å². The average Bonchev–Trinajstić information content (AvgIpc) is 2.61. The maximum atomic E-state index is 10.8. The van der Waals surface area contributed by atoms with Crippen LogP contribution in [0, 0.1) is 0 Å². The lowest BCUT2D eigenvalue weighted by Crippen LogP contribution is -2.37. The van der Waals surface area contributed by atoms with E-state index in [0.29, 0.717) is 0 Å². The number of hydrogen-bond donors (Lipinski definition) is 1. The van der Waals surface area contributed by atoms with Crippen molar-refractivity contribution < 1.29 is 5.11 Å². The molecular formula is C21H25NO. The first-order chi connectivity index (χ1) is 11.2. The lowest BCUT2D eigenvalue weighted by Gasteiger charge is -2.30. The van der Waals surface area contributed by atoms with Crippen LogP contribution < -0.4 is 0 Å². The summed E-state index contributed by atoms with van der Waals surface area (Å²) in [5, 5.41) is 15.7. The molecule has 0 aromatic heterocycles. The average molecular weight is 307 g/mol. The van der Waals surface area contributed by atoms with E-state index in [0.717, 1.165) is 18.7 Å². The summed E-state index contributed by atoms with van der Waals surface area (Å²) < 4.78 is 0.